The van der Waals surface area contributed by atoms with Crippen molar-refractivity contribution in [1.82, 2.24) is 0 Å². The van der Waals surface area contributed by atoms with Crippen molar-refractivity contribution in [3.05, 3.63) is 0 Å². The molecule has 4 saturated carbocycles. The number of rotatable bonds is 7. The first kappa shape index (κ1) is 21.2. The van der Waals surface area contributed by atoms with Crippen LogP contribution >= 0.6 is 0 Å². The van der Waals surface area contributed by atoms with Crippen LogP contribution in [0.15, 0.2) is 0 Å². The van der Waals surface area contributed by atoms with Crippen molar-refractivity contribution in [2.24, 2.45) is 40.4 Å². The van der Waals surface area contributed by atoms with Crippen LogP contribution in [0.3, 0.4) is 0 Å². The topological polar surface area (TPSA) is 0 Å². The Balaban J connectivity index is 1.37. The molecule has 0 spiro atoms. The van der Waals surface area contributed by atoms with Gasteiger partial charge in [-0.1, -0.05) is 59.3 Å². The molecule has 4 aliphatic rings. The molecule has 0 saturated heterocycles. The molecule has 1 heteroatoms. The fraction of sp³-hybridized carbons (Fsp3) is 1.00. The Morgan fingerprint density at radius 3 is 2.29 bits per heavy atom. The molecular weight excluding hydrogens is 343 g/mol. The van der Waals surface area contributed by atoms with E-state index >= 15 is 0 Å². The predicted molar refractivity (Wildman–Crippen MR) is 118 cm³/mol. The summed E-state index contributed by atoms with van der Waals surface area (Å²) in [5.41, 5.74) is 1.09. The predicted octanol–water partition coefficient (Wildman–Crippen LogP) is 8.73. The molecular formula is C27H47F. The summed E-state index contributed by atoms with van der Waals surface area (Å²) < 4.78 is 14.1. The Bertz CT molecular complexity index is 514. The summed E-state index contributed by atoms with van der Waals surface area (Å²) in [6, 6.07) is 0. The SMILES string of the molecule is CCCCCCCC[C@H]1CCC2C3CC[C@H]4C[C@@H](F)CC[C@]4(C)C3CC[C@@]21C. The Morgan fingerprint density at radius 2 is 1.46 bits per heavy atom. The summed E-state index contributed by atoms with van der Waals surface area (Å²) in [5.74, 6) is 4.53. The fourth-order valence-corrected chi connectivity index (χ4v) is 8.96. The second-order valence-electron chi connectivity index (χ2n) is 11.9. The first-order chi connectivity index (χ1) is 13.5. The van der Waals surface area contributed by atoms with E-state index in [9.17, 15) is 4.39 Å². The number of hydrogen-bond acceptors (Lipinski definition) is 0. The minimum Gasteiger partial charge on any atom is -0.247 e. The van der Waals surface area contributed by atoms with E-state index in [0.717, 1.165) is 36.5 Å². The van der Waals surface area contributed by atoms with Gasteiger partial charge < -0.3 is 0 Å². The van der Waals surface area contributed by atoms with E-state index in [1.807, 2.05) is 0 Å². The van der Waals surface area contributed by atoms with E-state index in [4.69, 9.17) is 0 Å². The molecule has 0 aliphatic heterocycles. The van der Waals surface area contributed by atoms with Crippen LogP contribution in [0.2, 0.25) is 0 Å². The maximum Gasteiger partial charge on any atom is 0.100 e. The van der Waals surface area contributed by atoms with Crippen LogP contribution in [0.25, 0.3) is 0 Å². The molecule has 4 rings (SSSR count). The lowest BCUT2D eigenvalue weighted by atomic mass is 9.44. The molecule has 4 fully saturated rings. The van der Waals surface area contributed by atoms with Gasteiger partial charge in [0.05, 0.1) is 0 Å². The summed E-state index contributed by atoms with van der Waals surface area (Å²) in [7, 11) is 0. The molecule has 3 unspecified atom stereocenters. The Kier molecular flexibility index (Phi) is 6.49. The van der Waals surface area contributed by atoms with Crippen molar-refractivity contribution in [1.29, 1.82) is 0 Å². The van der Waals surface area contributed by atoms with E-state index in [2.05, 4.69) is 20.8 Å². The average Bonchev–Trinajstić information content (AvgIpc) is 3.01. The zero-order valence-corrected chi connectivity index (χ0v) is 19.2. The van der Waals surface area contributed by atoms with Crippen LogP contribution in [0.1, 0.15) is 124 Å². The van der Waals surface area contributed by atoms with Crippen LogP contribution in [-0.2, 0) is 0 Å². The summed E-state index contributed by atoms with van der Waals surface area (Å²) in [6.45, 7) is 7.58. The zero-order chi connectivity index (χ0) is 19.8. The molecule has 4 aliphatic carbocycles. The second kappa shape index (κ2) is 8.58. The van der Waals surface area contributed by atoms with Gasteiger partial charge in [-0.25, -0.2) is 4.39 Å². The number of hydrogen-bond donors (Lipinski definition) is 0. The third-order valence-electron chi connectivity index (χ3n) is 10.7. The minimum atomic E-state index is -0.503. The lowest BCUT2D eigenvalue weighted by molar-refractivity contribution is -0.120. The van der Waals surface area contributed by atoms with Crippen LogP contribution < -0.4 is 0 Å². The Labute approximate surface area is 174 Å². The molecule has 0 amide bonds. The zero-order valence-electron chi connectivity index (χ0n) is 19.2. The highest BCUT2D eigenvalue weighted by Crippen LogP contribution is 2.68. The number of unbranched alkanes of at least 4 members (excludes halogenated alkanes) is 5. The highest BCUT2D eigenvalue weighted by molar-refractivity contribution is 5.09. The largest absolute Gasteiger partial charge is 0.247 e. The van der Waals surface area contributed by atoms with Gasteiger partial charge in [0.1, 0.15) is 6.17 Å². The van der Waals surface area contributed by atoms with E-state index < -0.39 is 6.17 Å². The van der Waals surface area contributed by atoms with Gasteiger partial charge in [0.2, 0.25) is 0 Å². The summed E-state index contributed by atoms with van der Waals surface area (Å²) >= 11 is 0. The molecule has 0 heterocycles. The molecule has 0 aromatic carbocycles. The van der Waals surface area contributed by atoms with Gasteiger partial charge in [-0.3, -0.25) is 0 Å². The maximum atomic E-state index is 14.1. The van der Waals surface area contributed by atoms with Crippen LogP contribution in [0.4, 0.5) is 4.39 Å². The second-order valence-corrected chi connectivity index (χ2v) is 11.9. The van der Waals surface area contributed by atoms with Crippen molar-refractivity contribution < 1.29 is 4.39 Å². The first-order valence-corrected chi connectivity index (χ1v) is 13.1. The van der Waals surface area contributed by atoms with Gasteiger partial charge in [0, 0.05) is 0 Å². The normalized spacial score (nSPS) is 48.0. The highest BCUT2D eigenvalue weighted by Gasteiger charge is 2.59. The van der Waals surface area contributed by atoms with Crippen molar-refractivity contribution in [3.63, 3.8) is 0 Å². The summed E-state index contributed by atoms with van der Waals surface area (Å²) in [6.07, 6.45) is 21.2. The van der Waals surface area contributed by atoms with Gasteiger partial charge in [0.15, 0.2) is 0 Å². The van der Waals surface area contributed by atoms with E-state index in [0.29, 0.717) is 16.7 Å². The number of alkyl halides is 1. The fourth-order valence-electron chi connectivity index (χ4n) is 8.96. The van der Waals surface area contributed by atoms with Gasteiger partial charge in [-0.2, -0.15) is 0 Å². The number of halogens is 1. The Hall–Kier alpha value is -0.0700. The molecule has 0 aromatic rings. The quantitative estimate of drug-likeness (QED) is 0.381. The molecule has 0 bridgehead atoms. The monoisotopic (exact) mass is 390 g/mol. The molecule has 0 aromatic heterocycles. The Morgan fingerprint density at radius 1 is 0.750 bits per heavy atom. The van der Waals surface area contributed by atoms with E-state index in [-0.39, 0.29) is 0 Å². The summed E-state index contributed by atoms with van der Waals surface area (Å²) in [5, 5.41) is 0. The molecule has 0 nitrogen and oxygen atoms in total. The maximum absolute atomic E-state index is 14.1. The van der Waals surface area contributed by atoms with Crippen LogP contribution in [-0.4, -0.2) is 6.17 Å². The standard InChI is InChI=1S/C27H47F/c1-4-5-6-7-8-9-10-20-12-14-24-23-13-11-21-19-22(28)15-17-27(21,3)25(23)16-18-26(20,24)2/h20-25H,4-19H2,1-3H3/t20-,21-,22-,23?,24?,25?,26+,27-/m0/s1. The highest BCUT2D eigenvalue weighted by atomic mass is 19.1. The average molecular weight is 391 g/mol. The van der Waals surface area contributed by atoms with Gasteiger partial charge in [0.25, 0.3) is 0 Å². The molecule has 8 atom stereocenters. The van der Waals surface area contributed by atoms with Crippen LogP contribution in [0, 0.1) is 40.4 Å². The van der Waals surface area contributed by atoms with E-state index in [1.165, 1.54) is 89.9 Å². The first-order valence-electron chi connectivity index (χ1n) is 13.1. The van der Waals surface area contributed by atoms with Gasteiger partial charge in [-0.05, 0) is 105 Å². The lowest BCUT2D eigenvalue weighted by Gasteiger charge is -2.60. The summed E-state index contributed by atoms with van der Waals surface area (Å²) in [4.78, 5) is 0. The van der Waals surface area contributed by atoms with Crippen LogP contribution in [0.5, 0.6) is 0 Å². The molecule has 0 radical (unpaired) electrons. The lowest BCUT2D eigenvalue weighted by Crippen LogP contribution is -2.53. The molecule has 0 N–H and O–H groups in total. The third-order valence-corrected chi connectivity index (χ3v) is 10.7. The van der Waals surface area contributed by atoms with Crippen molar-refractivity contribution in [2.75, 3.05) is 0 Å². The van der Waals surface area contributed by atoms with E-state index in [1.54, 1.807) is 0 Å². The van der Waals surface area contributed by atoms with Gasteiger partial charge in [-0.15, -0.1) is 0 Å². The smallest absolute Gasteiger partial charge is 0.100 e. The molecule has 28 heavy (non-hydrogen) atoms. The van der Waals surface area contributed by atoms with Crippen molar-refractivity contribution in [2.45, 2.75) is 130 Å². The third kappa shape index (κ3) is 3.71. The molecule has 162 valence electrons. The van der Waals surface area contributed by atoms with Crippen molar-refractivity contribution >= 4 is 0 Å². The van der Waals surface area contributed by atoms with Crippen molar-refractivity contribution in [3.8, 4) is 0 Å². The minimum absolute atomic E-state index is 0.463. The number of fused-ring (bicyclic) bond motifs is 5. The van der Waals surface area contributed by atoms with Gasteiger partial charge >= 0.3 is 0 Å².